The van der Waals surface area contributed by atoms with Crippen molar-refractivity contribution in [1.29, 1.82) is 0 Å². The number of rotatable bonds is 1. The van der Waals surface area contributed by atoms with Crippen molar-refractivity contribution in [2.45, 2.75) is 49.5 Å². The maximum atomic E-state index is 3.74. The van der Waals surface area contributed by atoms with E-state index in [0.29, 0.717) is 0 Å². The molecule has 0 saturated carbocycles. The molecule has 2 atom stereocenters. The summed E-state index contributed by atoms with van der Waals surface area (Å²) < 4.78 is 0. The SMILES string of the molecule is CCN1C2CCC1CC(Br)C2. The minimum absolute atomic E-state index is 0.808. The highest BCUT2D eigenvalue weighted by molar-refractivity contribution is 9.09. The normalized spacial score (nSPS) is 44.7. The maximum Gasteiger partial charge on any atom is 0.0175 e. The number of hydrogen-bond acceptors (Lipinski definition) is 1. The zero-order chi connectivity index (χ0) is 7.84. The summed E-state index contributed by atoms with van der Waals surface area (Å²) in [6.07, 6.45) is 5.65. The van der Waals surface area contributed by atoms with Crippen molar-refractivity contribution in [2.24, 2.45) is 0 Å². The predicted molar refractivity (Wildman–Crippen MR) is 51.1 cm³/mol. The molecule has 2 saturated heterocycles. The van der Waals surface area contributed by atoms with Crippen LogP contribution in [-0.2, 0) is 0 Å². The third-order valence-electron chi connectivity index (χ3n) is 3.19. The Labute approximate surface area is 77.3 Å². The van der Waals surface area contributed by atoms with E-state index in [-0.39, 0.29) is 0 Å². The van der Waals surface area contributed by atoms with E-state index in [1.165, 1.54) is 32.2 Å². The number of fused-ring (bicyclic) bond motifs is 2. The first kappa shape index (κ1) is 8.06. The molecule has 64 valence electrons. The third kappa shape index (κ3) is 1.35. The predicted octanol–water partition coefficient (Wildman–Crippen LogP) is 2.40. The largest absolute Gasteiger partial charge is 0.298 e. The third-order valence-corrected chi connectivity index (χ3v) is 3.94. The molecule has 0 amide bonds. The molecule has 2 aliphatic rings. The number of halogens is 1. The van der Waals surface area contributed by atoms with Crippen LogP contribution >= 0.6 is 15.9 Å². The van der Waals surface area contributed by atoms with Crippen molar-refractivity contribution in [1.82, 2.24) is 4.90 Å². The molecule has 2 bridgehead atoms. The van der Waals surface area contributed by atoms with Gasteiger partial charge in [0, 0.05) is 16.9 Å². The molecule has 0 spiro atoms. The second kappa shape index (κ2) is 3.06. The Morgan fingerprint density at radius 1 is 1.27 bits per heavy atom. The molecule has 11 heavy (non-hydrogen) atoms. The summed E-state index contributed by atoms with van der Waals surface area (Å²) in [6, 6.07) is 1.81. The first-order valence-corrected chi connectivity index (χ1v) is 5.62. The smallest absolute Gasteiger partial charge is 0.0175 e. The van der Waals surface area contributed by atoms with Gasteiger partial charge in [-0.25, -0.2) is 0 Å². The lowest BCUT2D eigenvalue weighted by Gasteiger charge is -2.36. The van der Waals surface area contributed by atoms with Crippen LogP contribution < -0.4 is 0 Å². The molecule has 0 aromatic heterocycles. The first-order valence-electron chi connectivity index (χ1n) is 4.71. The van der Waals surface area contributed by atoms with Crippen molar-refractivity contribution >= 4 is 15.9 Å². The van der Waals surface area contributed by atoms with E-state index in [1.807, 2.05) is 0 Å². The number of alkyl halides is 1. The molecule has 0 aliphatic carbocycles. The van der Waals surface area contributed by atoms with E-state index in [1.54, 1.807) is 0 Å². The van der Waals surface area contributed by atoms with Crippen LogP contribution in [0.1, 0.15) is 32.6 Å². The average Bonchev–Trinajstić information content (AvgIpc) is 2.23. The van der Waals surface area contributed by atoms with Gasteiger partial charge in [-0.05, 0) is 32.2 Å². The van der Waals surface area contributed by atoms with E-state index in [2.05, 4.69) is 27.8 Å². The molecular formula is C9H16BrN. The van der Waals surface area contributed by atoms with Crippen molar-refractivity contribution in [3.8, 4) is 0 Å². The summed E-state index contributed by atoms with van der Waals surface area (Å²) in [4.78, 5) is 3.50. The number of hydrogen-bond donors (Lipinski definition) is 0. The Bertz CT molecular complexity index is 134. The molecule has 2 heterocycles. The van der Waals surface area contributed by atoms with Crippen molar-refractivity contribution < 1.29 is 0 Å². The van der Waals surface area contributed by atoms with Gasteiger partial charge in [0.25, 0.3) is 0 Å². The van der Waals surface area contributed by atoms with Crippen LogP contribution in [0.5, 0.6) is 0 Å². The summed E-state index contributed by atoms with van der Waals surface area (Å²) in [5.41, 5.74) is 0. The molecule has 0 radical (unpaired) electrons. The van der Waals surface area contributed by atoms with Crippen LogP contribution in [0.15, 0.2) is 0 Å². The molecule has 2 fully saturated rings. The Balaban J connectivity index is 2.06. The van der Waals surface area contributed by atoms with Crippen molar-refractivity contribution in [2.75, 3.05) is 6.54 Å². The van der Waals surface area contributed by atoms with Crippen molar-refractivity contribution in [3.63, 3.8) is 0 Å². The molecule has 0 aromatic rings. The minimum Gasteiger partial charge on any atom is -0.298 e. The van der Waals surface area contributed by atoms with E-state index >= 15 is 0 Å². The molecule has 2 unspecified atom stereocenters. The molecular weight excluding hydrogens is 202 g/mol. The fraction of sp³-hybridized carbons (Fsp3) is 1.00. The van der Waals surface area contributed by atoms with Gasteiger partial charge in [0.2, 0.25) is 0 Å². The van der Waals surface area contributed by atoms with Gasteiger partial charge in [0.15, 0.2) is 0 Å². The minimum atomic E-state index is 0.808. The molecule has 2 rings (SSSR count). The van der Waals surface area contributed by atoms with Crippen LogP contribution in [0.2, 0.25) is 0 Å². The first-order chi connectivity index (χ1) is 5.31. The molecule has 2 heteroatoms. The maximum absolute atomic E-state index is 3.74. The van der Waals surface area contributed by atoms with Gasteiger partial charge in [-0.15, -0.1) is 0 Å². The molecule has 1 nitrogen and oxygen atoms in total. The van der Waals surface area contributed by atoms with Gasteiger partial charge in [0.05, 0.1) is 0 Å². The number of nitrogens with zero attached hydrogens (tertiary/aromatic N) is 1. The topological polar surface area (TPSA) is 3.24 Å². The number of piperidine rings is 1. The lowest BCUT2D eigenvalue weighted by atomic mass is 10.0. The Hall–Kier alpha value is 0.440. The summed E-state index contributed by atoms with van der Waals surface area (Å²) >= 11 is 3.74. The van der Waals surface area contributed by atoms with Gasteiger partial charge < -0.3 is 0 Å². The average molecular weight is 218 g/mol. The molecule has 0 aromatic carbocycles. The highest BCUT2D eigenvalue weighted by atomic mass is 79.9. The second-order valence-corrected chi connectivity index (χ2v) is 5.08. The zero-order valence-corrected chi connectivity index (χ0v) is 8.68. The fourth-order valence-electron chi connectivity index (χ4n) is 2.72. The Morgan fingerprint density at radius 3 is 2.27 bits per heavy atom. The highest BCUT2D eigenvalue weighted by Crippen LogP contribution is 2.37. The van der Waals surface area contributed by atoms with Gasteiger partial charge in [-0.2, -0.15) is 0 Å². The lowest BCUT2D eigenvalue weighted by Crippen LogP contribution is -2.42. The standard InChI is InChI=1S/C9H16BrN/c1-2-11-8-3-4-9(11)6-7(10)5-8/h7-9H,2-6H2,1H3. The summed E-state index contributed by atoms with van der Waals surface area (Å²) in [6.45, 7) is 3.55. The fourth-order valence-corrected chi connectivity index (χ4v) is 3.59. The van der Waals surface area contributed by atoms with Crippen LogP contribution in [0.25, 0.3) is 0 Å². The van der Waals surface area contributed by atoms with E-state index in [4.69, 9.17) is 0 Å². The summed E-state index contributed by atoms with van der Waals surface area (Å²) in [7, 11) is 0. The van der Waals surface area contributed by atoms with E-state index in [0.717, 1.165) is 16.9 Å². The van der Waals surface area contributed by atoms with Crippen LogP contribution in [0.4, 0.5) is 0 Å². The summed E-state index contributed by atoms with van der Waals surface area (Å²) in [5.74, 6) is 0. The monoisotopic (exact) mass is 217 g/mol. The van der Waals surface area contributed by atoms with Gasteiger partial charge in [0.1, 0.15) is 0 Å². The van der Waals surface area contributed by atoms with Gasteiger partial charge in [-0.1, -0.05) is 22.9 Å². The van der Waals surface area contributed by atoms with Crippen LogP contribution in [-0.4, -0.2) is 28.4 Å². The van der Waals surface area contributed by atoms with Gasteiger partial charge >= 0.3 is 0 Å². The molecule has 2 aliphatic heterocycles. The molecule has 0 N–H and O–H groups in total. The van der Waals surface area contributed by atoms with Crippen molar-refractivity contribution in [3.05, 3.63) is 0 Å². The van der Waals surface area contributed by atoms with Gasteiger partial charge in [-0.3, -0.25) is 4.90 Å². The Kier molecular flexibility index (Phi) is 2.24. The summed E-state index contributed by atoms with van der Waals surface area (Å²) in [5, 5.41) is 0. The lowest BCUT2D eigenvalue weighted by molar-refractivity contribution is 0.154. The van der Waals surface area contributed by atoms with Crippen LogP contribution in [0.3, 0.4) is 0 Å². The zero-order valence-electron chi connectivity index (χ0n) is 7.09. The van der Waals surface area contributed by atoms with E-state index in [9.17, 15) is 0 Å². The quantitative estimate of drug-likeness (QED) is 0.611. The Morgan fingerprint density at radius 2 is 1.82 bits per heavy atom. The van der Waals surface area contributed by atoms with E-state index < -0.39 is 0 Å². The van der Waals surface area contributed by atoms with Crippen LogP contribution in [0, 0.1) is 0 Å². The highest BCUT2D eigenvalue weighted by Gasteiger charge is 2.38. The second-order valence-electron chi connectivity index (χ2n) is 3.78.